The minimum absolute atomic E-state index is 0.525. The lowest BCUT2D eigenvalue weighted by molar-refractivity contribution is 0.171. The van der Waals surface area contributed by atoms with E-state index in [1.165, 1.54) is 11.8 Å². The molecule has 1 aliphatic heterocycles. The van der Waals surface area contributed by atoms with E-state index >= 15 is 0 Å². The molecule has 0 atom stereocenters. The smallest absolute Gasteiger partial charge is 0.223 e. The molecule has 1 aromatic carbocycles. The van der Waals surface area contributed by atoms with Crippen LogP contribution in [0.3, 0.4) is 0 Å². The average Bonchev–Trinajstić information content (AvgIpc) is 2.51. The van der Waals surface area contributed by atoms with Gasteiger partial charge in [-0.05, 0) is 25.1 Å². The van der Waals surface area contributed by atoms with Gasteiger partial charge in [0.15, 0.2) is 11.5 Å². The predicted molar refractivity (Wildman–Crippen MR) is 82.8 cm³/mol. The summed E-state index contributed by atoms with van der Waals surface area (Å²) in [6.07, 6.45) is 1.60. The summed E-state index contributed by atoms with van der Waals surface area (Å²) in [5.74, 6) is 2.10. The average molecular weight is 324 g/mol. The molecule has 0 saturated heterocycles. The van der Waals surface area contributed by atoms with E-state index in [1.807, 2.05) is 25.1 Å². The molecular formula is C14H14ClN3O2S. The van der Waals surface area contributed by atoms with E-state index in [4.69, 9.17) is 21.1 Å². The summed E-state index contributed by atoms with van der Waals surface area (Å²) in [6.45, 7) is 3.91. The third kappa shape index (κ3) is 3.33. The van der Waals surface area contributed by atoms with E-state index in [-0.39, 0.29) is 0 Å². The fourth-order valence-corrected chi connectivity index (χ4v) is 2.88. The van der Waals surface area contributed by atoms with E-state index in [0.717, 1.165) is 22.9 Å². The van der Waals surface area contributed by atoms with E-state index in [1.54, 1.807) is 6.20 Å². The quantitative estimate of drug-likeness (QED) is 0.869. The van der Waals surface area contributed by atoms with Gasteiger partial charge in [0.1, 0.15) is 18.2 Å². The molecule has 0 saturated carbocycles. The number of hydrogen-bond acceptors (Lipinski definition) is 6. The number of nitrogens with one attached hydrogen (secondary N) is 1. The van der Waals surface area contributed by atoms with E-state index < -0.39 is 0 Å². The lowest BCUT2D eigenvalue weighted by Crippen LogP contribution is -2.15. The molecule has 0 aliphatic carbocycles. The van der Waals surface area contributed by atoms with Crippen molar-refractivity contribution in [2.24, 2.45) is 0 Å². The van der Waals surface area contributed by atoms with Crippen molar-refractivity contribution in [2.45, 2.75) is 16.8 Å². The molecule has 1 aromatic heterocycles. The molecule has 2 aromatic rings. The Morgan fingerprint density at radius 2 is 2.10 bits per heavy atom. The van der Waals surface area contributed by atoms with Gasteiger partial charge in [-0.25, -0.2) is 9.97 Å². The first-order valence-electron chi connectivity index (χ1n) is 6.60. The summed E-state index contributed by atoms with van der Waals surface area (Å²) in [4.78, 5) is 9.52. The second-order valence-electron chi connectivity index (χ2n) is 4.28. The van der Waals surface area contributed by atoms with Crippen LogP contribution in [0.4, 0.5) is 5.95 Å². The van der Waals surface area contributed by atoms with Gasteiger partial charge in [-0.3, -0.25) is 0 Å². The highest BCUT2D eigenvalue weighted by molar-refractivity contribution is 7.99. The molecule has 7 heteroatoms. The summed E-state index contributed by atoms with van der Waals surface area (Å²) in [7, 11) is 0. The zero-order chi connectivity index (χ0) is 14.7. The summed E-state index contributed by atoms with van der Waals surface area (Å²) in [5.41, 5.74) is 0. The highest BCUT2D eigenvalue weighted by Crippen LogP contribution is 2.38. The number of fused-ring (bicyclic) bond motifs is 1. The van der Waals surface area contributed by atoms with Gasteiger partial charge in [-0.1, -0.05) is 23.4 Å². The van der Waals surface area contributed by atoms with Crippen molar-refractivity contribution in [3.8, 4) is 11.5 Å². The Morgan fingerprint density at radius 3 is 2.90 bits per heavy atom. The fraction of sp³-hybridized carbons (Fsp3) is 0.286. The van der Waals surface area contributed by atoms with Crippen molar-refractivity contribution in [2.75, 3.05) is 25.1 Å². The van der Waals surface area contributed by atoms with Crippen LogP contribution in [0.25, 0.3) is 0 Å². The third-order valence-corrected chi connectivity index (χ3v) is 4.16. The van der Waals surface area contributed by atoms with Gasteiger partial charge in [-0.15, -0.1) is 0 Å². The van der Waals surface area contributed by atoms with Crippen LogP contribution in [-0.4, -0.2) is 29.7 Å². The standard InChI is InChI=1S/C14H14ClN3O2S/c1-2-16-14-17-8-10(15)13(18-14)21-9-3-4-11-12(7-9)20-6-5-19-11/h3-4,7-8H,2,5-6H2,1H3,(H,16,17,18). The Labute approximate surface area is 132 Å². The maximum Gasteiger partial charge on any atom is 0.223 e. The van der Waals surface area contributed by atoms with E-state index in [2.05, 4.69) is 15.3 Å². The molecule has 21 heavy (non-hydrogen) atoms. The van der Waals surface area contributed by atoms with Gasteiger partial charge >= 0.3 is 0 Å². The van der Waals surface area contributed by atoms with Crippen molar-refractivity contribution in [1.29, 1.82) is 0 Å². The van der Waals surface area contributed by atoms with Crippen molar-refractivity contribution in [1.82, 2.24) is 9.97 Å². The van der Waals surface area contributed by atoms with Crippen molar-refractivity contribution in [3.63, 3.8) is 0 Å². The Balaban J connectivity index is 1.84. The molecule has 0 spiro atoms. The SMILES string of the molecule is CCNc1ncc(Cl)c(Sc2ccc3c(c2)OCCO3)n1. The van der Waals surface area contributed by atoms with Gasteiger partial charge in [-0.2, -0.15) is 0 Å². The van der Waals surface area contributed by atoms with Gasteiger partial charge in [0.25, 0.3) is 0 Å². The minimum atomic E-state index is 0.525. The molecule has 0 fully saturated rings. The number of anilines is 1. The van der Waals surface area contributed by atoms with Gasteiger partial charge in [0.2, 0.25) is 5.95 Å². The van der Waals surface area contributed by atoms with Gasteiger partial charge in [0.05, 0.1) is 11.2 Å². The number of nitrogens with zero attached hydrogens (tertiary/aromatic N) is 2. The maximum atomic E-state index is 6.16. The van der Waals surface area contributed by atoms with Gasteiger partial charge in [0, 0.05) is 11.4 Å². The molecule has 3 rings (SSSR count). The highest BCUT2D eigenvalue weighted by Gasteiger charge is 2.14. The van der Waals surface area contributed by atoms with Crippen LogP contribution in [0.1, 0.15) is 6.92 Å². The van der Waals surface area contributed by atoms with Crippen LogP contribution in [0.5, 0.6) is 11.5 Å². The second kappa shape index (κ2) is 6.41. The number of halogens is 1. The van der Waals surface area contributed by atoms with Crippen LogP contribution in [0, 0.1) is 0 Å². The molecule has 0 amide bonds. The lowest BCUT2D eigenvalue weighted by atomic mass is 10.3. The second-order valence-corrected chi connectivity index (χ2v) is 5.75. The Kier molecular flexibility index (Phi) is 4.36. The Morgan fingerprint density at radius 1 is 1.29 bits per heavy atom. The first kappa shape index (κ1) is 14.3. The van der Waals surface area contributed by atoms with Crippen LogP contribution in [0.15, 0.2) is 34.3 Å². The van der Waals surface area contributed by atoms with Crippen molar-refractivity contribution < 1.29 is 9.47 Å². The molecule has 0 radical (unpaired) electrons. The minimum Gasteiger partial charge on any atom is -0.486 e. The molecule has 2 heterocycles. The monoisotopic (exact) mass is 323 g/mol. The third-order valence-electron chi connectivity index (χ3n) is 2.77. The lowest BCUT2D eigenvalue weighted by Gasteiger charge is -2.18. The summed E-state index contributed by atoms with van der Waals surface area (Å²) >= 11 is 7.63. The van der Waals surface area contributed by atoms with Crippen molar-refractivity contribution in [3.05, 3.63) is 29.4 Å². The largest absolute Gasteiger partial charge is 0.486 e. The molecule has 5 nitrogen and oxygen atoms in total. The van der Waals surface area contributed by atoms with Crippen LogP contribution < -0.4 is 14.8 Å². The van der Waals surface area contributed by atoms with Crippen LogP contribution in [-0.2, 0) is 0 Å². The van der Waals surface area contributed by atoms with E-state index in [9.17, 15) is 0 Å². The molecule has 0 unspecified atom stereocenters. The fourth-order valence-electron chi connectivity index (χ4n) is 1.87. The molecule has 0 bridgehead atoms. The molecule has 1 aliphatic rings. The number of hydrogen-bond donors (Lipinski definition) is 1. The topological polar surface area (TPSA) is 56.3 Å². The summed E-state index contributed by atoms with van der Waals surface area (Å²) in [5, 5.41) is 4.30. The first-order valence-corrected chi connectivity index (χ1v) is 7.79. The van der Waals surface area contributed by atoms with Crippen LogP contribution in [0.2, 0.25) is 5.02 Å². The van der Waals surface area contributed by atoms with Gasteiger partial charge < -0.3 is 14.8 Å². The Hall–Kier alpha value is -1.66. The summed E-state index contributed by atoms with van der Waals surface area (Å²) < 4.78 is 11.1. The maximum absolute atomic E-state index is 6.16. The normalized spacial score (nSPS) is 13.0. The zero-order valence-corrected chi connectivity index (χ0v) is 13.0. The highest BCUT2D eigenvalue weighted by atomic mass is 35.5. The number of benzene rings is 1. The zero-order valence-electron chi connectivity index (χ0n) is 11.4. The van der Waals surface area contributed by atoms with E-state index in [0.29, 0.717) is 29.2 Å². The Bertz CT molecular complexity index is 654. The molecule has 1 N–H and O–H groups in total. The predicted octanol–water partition coefficient (Wildman–Crippen LogP) is 3.48. The molecular weight excluding hydrogens is 310 g/mol. The van der Waals surface area contributed by atoms with Crippen LogP contribution >= 0.6 is 23.4 Å². The first-order chi connectivity index (χ1) is 10.3. The molecule has 110 valence electrons. The van der Waals surface area contributed by atoms with Crippen molar-refractivity contribution >= 4 is 29.3 Å². The number of aromatic nitrogens is 2. The number of ether oxygens (including phenoxy) is 2. The summed E-state index contributed by atoms with van der Waals surface area (Å²) in [6, 6.07) is 5.80. The number of rotatable bonds is 4.